The fourth-order valence-corrected chi connectivity index (χ4v) is 1.64. The van der Waals surface area contributed by atoms with Gasteiger partial charge in [0.2, 0.25) is 5.91 Å². The summed E-state index contributed by atoms with van der Waals surface area (Å²) in [5.41, 5.74) is 5.05. The third-order valence-electron chi connectivity index (χ3n) is 1.44. The highest BCUT2D eigenvalue weighted by Crippen LogP contribution is 2.34. The number of Topliss-reactive ketones (excluding diaryl/α,β-unsaturated/α-hetero) is 1. The van der Waals surface area contributed by atoms with Crippen molar-refractivity contribution in [3.05, 3.63) is 6.42 Å². The molecule has 10 heavy (non-hydrogen) atoms. The van der Waals surface area contributed by atoms with Gasteiger partial charge in [-0.1, -0.05) is 0 Å². The van der Waals surface area contributed by atoms with Crippen molar-refractivity contribution in [2.24, 2.45) is 5.73 Å². The predicted molar refractivity (Wildman–Crippen MR) is 39.4 cm³/mol. The van der Waals surface area contributed by atoms with Crippen LogP contribution in [-0.4, -0.2) is 22.2 Å². The SMILES string of the molecule is C[C@]1(C(N)=O)[CH]C(=O)CS1. The number of thioether (sulfide) groups is 1. The van der Waals surface area contributed by atoms with E-state index in [9.17, 15) is 9.59 Å². The molecule has 1 rings (SSSR count). The lowest BCUT2D eigenvalue weighted by Gasteiger charge is -2.14. The molecule has 1 atom stereocenters. The minimum absolute atomic E-state index is 0.00806. The maximum absolute atomic E-state index is 10.7. The van der Waals surface area contributed by atoms with Gasteiger partial charge >= 0.3 is 0 Å². The van der Waals surface area contributed by atoms with Gasteiger partial charge in [-0.25, -0.2) is 0 Å². The van der Waals surface area contributed by atoms with Crippen molar-refractivity contribution in [3.8, 4) is 0 Å². The number of primary amides is 1. The minimum atomic E-state index is -0.753. The molecule has 1 fully saturated rings. The summed E-state index contributed by atoms with van der Waals surface area (Å²) in [5.74, 6) is -0.0750. The Morgan fingerprint density at radius 3 is 2.70 bits per heavy atom. The molecular formula is C6H8NO2S. The van der Waals surface area contributed by atoms with E-state index in [1.54, 1.807) is 6.92 Å². The number of carbonyl (C=O) groups excluding carboxylic acids is 2. The standard InChI is InChI=1S/C6H8NO2S/c1-6(5(7)9)2-4(8)3-10-6/h2H,3H2,1H3,(H2,7,9)/t6-/m1/s1. The predicted octanol–water partition coefficient (Wildman–Crippen LogP) is -0.249. The Labute approximate surface area is 63.3 Å². The fourth-order valence-electron chi connectivity index (χ4n) is 0.754. The minimum Gasteiger partial charge on any atom is -0.368 e. The number of nitrogens with two attached hydrogens (primary N) is 1. The van der Waals surface area contributed by atoms with Crippen LogP contribution >= 0.6 is 11.8 Å². The van der Waals surface area contributed by atoms with Gasteiger partial charge in [0.1, 0.15) is 10.5 Å². The van der Waals surface area contributed by atoms with E-state index in [4.69, 9.17) is 5.73 Å². The van der Waals surface area contributed by atoms with E-state index in [2.05, 4.69) is 0 Å². The van der Waals surface area contributed by atoms with Gasteiger partial charge in [-0.15, -0.1) is 11.8 Å². The van der Waals surface area contributed by atoms with Crippen LogP contribution in [0.2, 0.25) is 0 Å². The summed E-state index contributed by atoms with van der Waals surface area (Å²) in [6.45, 7) is 1.66. The monoisotopic (exact) mass is 158 g/mol. The van der Waals surface area contributed by atoms with E-state index in [-0.39, 0.29) is 5.78 Å². The number of carbonyl (C=O) groups is 2. The first-order valence-electron chi connectivity index (χ1n) is 2.87. The van der Waals surface area contributed by atoms with E-state index in [0.717, 1.165) is 0 Å². The van der Waals surface area contributed by atoms with Gasteiger partial charge in [-0.05, 0) is 6.92 Å². The second kappa shape index (κ2) is 2.27. The molecule has 0 aromatic rings. The summed E-state index contributed by atoms with van der Waals surface area (Å²) in [5, 5.41) is 0. The quantitative estimate of drug-likeness (QED) is 0.572. The van der Waals surface area contributed by atoms with E-state index in [1.807, 2.05) is 0 Å². The molecule has 1 aliphatic heterocycles. The van der Waals surface area contributed by atoms with Gasteiger partial charge in [0.15, 0.2) is 0 Å². The van der Waals surface area contributed by atoms with Gasteiger partial charge in [-0.3, -0.25) is 9.59 Å². The summed E-state index contributed by atoms with van der Waals surface area (Å²) < 4.78 is -0.753. The van der Waals surface area contributed by atoms with Crippen molar-refractivity contribution in [2.45, 2.75) is 11.7 Å². The molecule has 4 heteroatoms. The van der Waals surface area contributed by atoms with Crippen LogP contribution in [0.15, 0.2) is 0 Å². The van der Waals surface area contributed by atoms with Crippen molar-refractivity contribution in [2.75, 3.05) is 5.75 Å². The van der Waals surface area contributed by atoms with Crippen molar-refractivity contribution < 1.29 is 9.59 Å². The molecule has 2 N–H and O–H groups in total. The zero-order chi connectivity index (χ0) is 7.78. The summed E-state index contributed by atoms with van der Waals surface area (Å²) in [4.78, 5) is 21.4. The van der Waals surface area contributed by atoms with Crippen LogP contribution in [0.1, 0.15) is 6.92 Å². The largest absolute Gasteiger partial charge is 0.368 e. The number of ketones is 1. The summed E-state index contributed by atoms with van der Waals surface area (Å²) >= 11 is 1.28. The van der Waals surface area contributed by atoms with Crippen molar-refractivity contribution in [1.82, 2.24) is 0 Å². The molecule has 0 unspecified atom stereocenters. The van der Waals surface area contributed by atoms with Crippen LogP contribution in [-0.2, 0) is 9.59 Å². The Bertz CT molecular complexity index is 192. The molecule has 0 spiro atoms. The smallest absolute Gasteiger partial charge is 0.234 e. The maximum atomic E-state index is 10.7. The molecule has 0 saturated carbocycles. The van der Waals surface area contributed by atoms with Crippen molar-refractivity contribution >= 4 is 23.5 Å². The lowest BCUT2D eigenvalue weighted by Crippen LogP contribution is -2.36. The Balaban J connectivity index is 2.72. The van der Waals surface area contributed by atoms with Crippen molar-refractivity contribution in [3.63, 3.8) is 0 Å². The highest BCUT2D eigenvalue weighted by Gasteiger charge is 2.40. The molecule has 3 nitrogen and oxygen atoms in total. The first-order chi connectivity index (χ1) is 4.54. The van der Waals surface area contributed by atoms with Gasteiger partial charge in [0.25, 0.3) is 0 Å². The zero-order valence-corrected chi connectivity index (χ0v) is 6.40. The molecule has 0 bridgehead atoms. The molecule has 1 radical (unpaired) electrons. The third kappa shape index (κ3) is 1.16. The number of hydrogen-bond donors (Lipinski definition) is 1. The number of amides is 1. The first-order valence-corrected chi connectivity index (χ1v) is 3.86. The molecule has 1 saturated heterocycles. The molecule has 1 heterocycles. The second-order valence-corrected chi connectivity index (χ2v) is 3.80. The van der Waals surface area contributed by atoms with Gasteiger partial charge < -0.3 is 5.73 Å². The fraction of sp³-hybridized carbons (Fsp3) is 0.500. The molecule has 1 amide bonds. The normalized spacial score (nSPS) is 32.7. The Hall–Kier alpha value is -0.510. The molecule has 1 aliphatic rings. The molecule has 0 aromatic heterocycles. The second-order valence-electron chi connectivity index (χ2n) is 2.37. The lowest BCUT2D eigenvalue weighted by molar-refractivity contribution is -0.121. The number of rotatable bonds is 1. The highest BCUT2D eigenvalue weighted by molar-refractivity contribution is 8.02. The third-order valence-corrected chi connectivity index (χ3v) is 2.79. The van der Waals surface area contributed by atoms with Crippen LogP contribution in [0.5, 0.6) is 0 Å². The van der Waals surface area contributed by atoms with Crippen LogP contribution < -0.4 is 5.73 Å². The lowest BCUT2D eigenvalue weighted by atomic mass is 10.1. The Morgan fingerprint density at radius 1 is 1.90 bits per heavy atom. The van der Waals surface area contributed by atoms with Gasteiger partial charge in [0, 0.05) is 0 Å². The van der Waals surface area contributed by atoms with Gasteiger partial charge in [0.05, 0.1) is 12.2 Å². The Morgan fingerprint density at radius 2 is 2.50 bits per heavy atom. The first kappa shape index (κ1) is 7.60. The maximum Gasteiger partial charge on any atom is 0.234 e. The van der Waals surface area contributed by atoms with Crippen LogP contribution in [0, 0.1) is 6.42 Å². The summed E-state index contributed by atoms with van der Waals surface area (Å²) in [6, 6.07) is 0. The van der Waals surface area contributed by atoms with E-state index in [0.29, 0.717) is 5.75 Å². The van der Waals surface area contributed by atoms with Crippen LogP contribution in [0.25, 0.3) is 0 Å². The summed E-state index contributed by atoms with van der Waals surface area (Å²) in [7, 11) is 0. The summed E-state index contributed by atoms with van der Waals surface area (Å²) in [6.07, 6.45) is 1.39. The Kier molecular flexibility index (Phi) is 1.72. The number of hydrogen-bond acceptors (Lipinski definition) is 3. The average molecular weight is 158 g/mol. The van der Waals surface area contributed by atoms with E-state index >= 15 is 0 Å². The van der Waals surface area contributed by atoms with Crippen LogP contribution in [0.3, 0.4) is 0 Å². The average Bonchev–Trinajstić information content (AvgIpc) is 2.13. The molecular weight excluding hydrogens is 150 g/mol. The van der Waals surface area contributed by atoms with Gasteiger partial charge in [-0.2, -0.15) is 0 Å². The van der Waals surface area contributed by atoms with E-state index < -0.39 is 10.7 Å². The van der Waals surface area contributed by atoms with E-state index in [1.165, 1.54) is 18.2 Å². The topological polar surface area (TPSA) is 60.2 Å². The highest BCUT2D eigenvalue weighted by atomic mass is 32.2. The van der Waals surface area contributed by atoms with Crippen LogP contribution in [0.4, 0.5) is 0 Å². The molecule has 0 aliphatic carbocycles. The zero-order valence-electron chi connectivity index (χ0n) is 5.59. The van der Waals surface area contributed by atoms with Crippen molar-refractivity contribution in [1.29, 1.82) is 0 Å². The molecule has 0 aromatic carbocycles. The molecule has 55 valence electrons.